The average Bonchev–Trinajstić information content (AvgIpc) is 3.48. The number of benzene rings is 1. The van der Waals surface area contributed by atoms with Gasteiger partial charge in [0.25, 0.3) is 0 Å². The largest absolute Gasteiger partial charge is 0.497 e. The minimum Gasteiger partial charge on any atom is -0.497 e. The van der Waals surface area contributed by atoms with Crippen molar-refractivity contribution < 1.29 is 27.5 Å². The first-order valence-corrected chi connectivity index (χ1v) is 10.7. The van der Waals surface area contributed by atoms with Crippen LogP contribution in [0.25, 0.3) is 0 Å². The van der Waals surface area contributed by atoms with E-state index in [4.69, 9.17) is 4.74 Å². The molecule has 4 rings (SSSR count). The van der Waals surface area contributed by atoms with E-state index in [1.165, 1.54) is 0 Å². The van der Waals surface area contributed by atoms with Crippen molar-refractivity contribution in [3.05, 3.63) is 24.3 Å². The van der Waals surface area contributed by atoms with E-state index >= 15 is 0 Å². The van der Waals surface area contributed by atoms with Gasteiger partial charge in [0.1, 0.15) is 11.3 Å². The van der Waals surface area contributed by atoms with Crippen LogP contribution in [0.5, 0.6) is 5.75 Å². The first kappa shape index (κ1) is 21.9. The molecule has 9 heteroatoms. The molecule has 3 fully saturated rings. The lowest BCUT2D eigenvalue weighted by Gasteiger charge is -2.53. The van der Waals surface area contributed by atoms with E-state index in [-0.39, 0.29) is 36.6 Å². The molecule has 0 unspecified atom stereocenters. The van der Waals surface area contributed by atoms with Gasteiger partial charge in [-0.3, -0.25) is 14.5 Å². The maximum absolute atomic E-state index is 13.0. The van der Waals surface area contributed by atoms with Crippen molar-refractivity contribution in [2.75, 3.05) is 32.1 Å². The van der Waals surface area contributed by atoms with Crippen LogP contribution >= 0.6 is 0 Å². The van der Waals surface area contributed by atoms with Crippen molar-refractivity contribution in [1.82, 2.24) is 10.2 Å². The molecule has 1 spiro atoms. The number of halogens is 3. The highest BCUT2D eigenvalue weighted by Gasteiger charge is 2.64. The fourth-order valence-electron chi connectivity index (χ4n) is 4.88. The van der Waals surface area contributed by atoms with E-state index in [1.807, 2.05) is 23.1 Å². The number of rotatable bonds is 6. The smallest absolute Gasteiger partial charge is 0.411 e. The standard InChI is InChI=1S/C22H28F3N3O3/c1-31-17-4-2-3-16(11-17)26-19(30)15-5-7-20(8-6-15)13-28(14-20)12-18(29)27-21(9-10-21)22(23,24)25/h2-4,11,15H,5-10,12-14H2,1H3,(H,26,30)(H,27,29). The Balaban J connectivity index is 1.20. The predicted molar refractivity (Wildman–Crippen MR) is 109 cm³/mol. The Morgan fingerprint density at radius 3 is 2.42 bits per heavy atom. The second-order valence-electron chi connectivity index (χ2n) is 9.27. The summed E-state index contributed by atoms with van der Waals surface area (Å²) in [6.45, 7) is 1.40. The third-order valence-electron chi connectivity index (χ3n) is 6.91. The molecule has 170 valence electrons. The molecule has 2 amide bonds. The maximum atomic E-state index is 13.0. The van der Waals surface area contributed by atoms with Gasteiger partial charge < -0.3 is 15.4 Å². The molecule has 0 aromatic heterocycles. The van der Waals surface area contributed by atoms with Crippen LogP contribution in [0.2, 0.25) is 0 Å². The SMILES string of the molecule is COc1cccc(NC(=O)C2CCC3(CC2)CN(CC(=O)NC2(C(F)(F)F)CC2)C3)c1. The van der Waals surface area contributed by atoms with Gasteiger partial charge in [-0.2, -0.15) is 13.2 Å². The van der Waals surface area contributed by atoms with Crippen molar-refractivity contribution in [2.24, 2.45) is 11.3 Å². The Hall–Kier alpha value is -2.29. The lowest BCUT2D eigenvalue weighted by Crippen LogP contribution is -2.61. The van der Waals surface area contributed by atoms with Crippen LogP contribution in [-0.2, 0) is 9.59 Å². The van der Waals surface area contributed by atoms with E-state index in [0.29, 0.717) is 24.5 Å². The van der Waals surface area contributed by atoms with Crippen molar-refractivity contribution >= 4 is 17.5 Å². The summed E-state index contributed by atoms with van der Waals surface area (Å²) in [4.78, 5) is 26.6. The first-order valence-electron chi connectivity index (χ1n) is 10.7. The summed E-state index contributed by atoms with van der Waals surface area (Å²) in [7, 11) is 1.58. The molecular formula is C22H28F3N3O3. The lowest BCUT2D eigenvalue weighted by atomic mass is 9.65. The second-order valence-corrected chi connectivity index (χ2v) is 9.27. The van der Waals surface area contributed by atoms with Crippen LogP contribution in [-0.4, -0.2) is 55.2 Å². The third-order valence-corrected chi connectivity index (χ3v) is 6.91. The van der Waals surface area contributed by atoms with Gasteiger partial charge in [0.05, 0.1) is 13.7 Å². The Labute approximate surface area is 179 Å². The van der Waals surface area contributed by atoms with Crippen LogP contribution in [0.4, 0.5) is 18.9 Å². The zero-order valence-corrected chi connectivity index (χ0v) is 17.6. The molecule has 6 nitrogen and oxygen atoms in total. The van der Waals surface area contributed by atoms with Gasteiger partial charge in [-0.1, -0.05) is 6.07 Å². The molecule has 1 aliphatic heterocycles. The number of nitrogens with one attached hydrogen (secondary N) is 2. The van der Waals surface area contributed by atoms with Crippen molar-refractivity contribution in [1.29, 1.82) is 0 Å². The molecule has 2 aliphatic carbocycles. The highest BCUT2D eigenvalue weighted by atomic mass is 19.4. The Morgan fingerprint density at radius 2 is 1.84 bits per heavy atom. The van der Waals surface area contributed by atoms with Gasteiger partial charge in [-0.05, 0) is 56.1 Å². The molecule has 1 saturated heterocycles. The van der Waals surface area contributed by atoms with Crippen molar-refractivity contribution in [3.8, 4) is 5.75 Å². The number of carbonyl (C=O) groups excluding carboxylic acids is 2. The fraction of sp³-hybridized carbons (Fsp3) is 0.636. The molecule has 0 bridgehead atoms. The normalized spacial score (nSPS) is 22.5. The Bertz CT molecular complexity index is 838. The summed E-state index contributed by atoms with van der Waals surface area (Å²) < 4.78 is 44.1. The number of ether oxygens (including phenoxy) is 1. The van der Waals surface area contributed by atoms with Crippen LogP contribution in [0.3, 0.4) is 0 Å². The van der Waals surface area contributed by atoms with E-state index in [0.717, 1.165) is 25.7 Å². The number of hydrogen-bond acceptors (Lipinski definition) is 4. The maximum Gasteiger partial charge on any atom is 0.411 e. The Kier molecular flexibility index (Phi) is 5.66. The van der Waals surface area contributed by atoms with Crippen molar-refractivity contribution in [2.45, 2.75) is 50.2 Å². The number of anilines is 1. The first-order chi connectivity index (χ1) is 14.6. The van der Waals surface area contributed by atoms with Gasteiger partial charge in [0.2, 0.25) is 11.8 Å². The molecule has 3 aliphatic rings. The van der Waals surface area contributed by atoms with E-state index in [2.05, 4.69) is 10.6 Å². The fourth-order valence-corrected chi connectivity index (χ4v) is 4.88. The molecule has 2 N–H and O–H groups in total. The molecule has 1 aromatic rings. The summed E-state index contributed by atoms with van der Waals surface area (Å²) in [5, 5.41) is 5.13. The highest BCUT2D eigenvalue weighted by molar-refractivity contribution is 5.92. The predicted octanol–water partition coefficient (Wildman–Crippen LogP) is 3.34. The van der Waals surface area contributed by atoms with Crippen LogP contribution in [0, 0.1) is 11.3 Å². The van der Waals surface area contributed by atoms with Crippen LogP contribution in [0.1, 0.15) is 38.5 Å². The minimum atomic E-state index is -4.39. The van der Waals surface area contributed by atoms with Crippen LogP contribution < -0.4 is 15.4 Å². The molecule has 31 heavy (non-hydrogen) atoms. The van der Waals surface area contributed by atoms with Gasteiger partial charge in [-0.25, -0.2) is 0 Å². The molecule has 0 radical (unpaired) electrons. The molecule has 0 atom stereocenters. The third kappa shape index (κ3) is 4.66. The molecule has 1 heterocycles. The number of alkyl halides is 3. The number of methoxy groups -OCH3 is 1. The van der Waals surface area contributed by atoms with E-state index < -0.39 is 17.6 Å². The zero-order valence-electron chi connectivity index (χ0n) is 17.6. The summed E-state index contributed by atoms with van der Waals surface area (Å²) in [6.07, 6.45) is -1.15. The van der Waals surface area contributed by atoms with Gasteiger partial charge in [0.15, 0.2) is 0 Å². The number of carbonyl (C=O) groups is 2. The number of amides is 2. The lowest BCUT2D eigenvalue weighted by molar-refractivity contribution is -0.171. The monoisotopic (exact) mass is 439 g/mol. The highest BCUT2D eigenvalue weighted by Crippen LogP contribution is 2.49. The molecular weight excluding hydrogens is 411 g/mol. The molecule has 2 saturated carbocycles. The molecule has 1 aromatic carbocycles. The Morgan fingerprint density at radius 1 is 1.16 bits per heavy atom. The number of nitrogens with zero attached hydrogens (tertiary/aromatic N) is 1. The zero-order chi connectivity index (χ0) is 22.3. The number of likely N-dealkylation sites (tertiary alicyclic amines) is 1. The minimum absolute atomic E-state index is 0.000502. The van der Waals surface area contributed by atoms with Gasteiger partial charge in [0, 0.05) is 30.8 Å². The summed E-state index contributed by atoms with van der Waals surface area (Å²) in [5.74, 6) is 0.0640. The summed E-state index contributed by atoms with van der Waals surface area (Å²) in [5.41, 5.74) is -1.22. The summed E-state index contributed by atoms with van der Waals surface area (Å²) >= 11 is 0. The number of hydrogen-bond donors (Lipinski definition) is 2. The second kappa shape index (κ2) is 8.00. The summed E-state index contributed by atoms with van der Waals surface area (Å²) in [6, 6.07) is 7.24. The van der Waals surface area contributed by atoms with Crippen molar-refractivity contribution in [3.63, 3.8) is 0 Å². The van der Waals surface area contributed by atoms with E-state index in [1.54, 1.807) is 13.2 Å². The quantitative estimate of drug-likeness (QED) is 0.713. The topological polar surface area (TPSA) is 70.7 Å². The van der Waals surface area contributed by atoms with Crippen LogP contribution in [0.15, 0.2) is 24.3 Å². The van der Waals surface area contributed by atoms with E-state index in [9.17, 15) is 22.8 Å². The van der Waals surface area contributed by atoms with Gasteiger partial charge >= 0.3 is 6.18 Å². The van der Waals surface area contributed by atoms with Gasteiger partial charge in [-0.15, -0.1) is 0 Å². The average molecular weight is 439 g/mol.